The van der Waals surface area contributed by atoms with E-state index in [1.165, 1.54) is 23.1 Å². The van der Waals surface area contributed by atoms with Gasteiger partial charge in [-0.2, -0.15) is 0 Å². The van der Waals surface area contributed by atoms with Gasteiger partial charge in [-0.25, -0.2) is 4.79 Å². The molecular weight excluding hydrogens is 326 g/mol. The van der Waals surface area contributed by atoms with Crippen LogP contribution in [-0.2, 0) is 10.2 Å². The number of carbonyl (C=O) groups excluding carboxylic acids is 2. The monoisotopic (exact) mass is 357 g/mol. The molecule has 2 aliphatic rings. The summed E-state index contributed by atoms with van der Waals surface area (Å²) < 4.78 is 0. The van der Waals surface area contributed by atoms with Crippen molar-refractivity contribution in [2.75, 3.05) is 19.6 Å². The standard InChI is InChI=1S/C21H31N3O2/c1-4-19(25)24-11-8-18(13-24)23-20(26)22-14-21(9-5-10-21)17-7-6-15(2)16(3)12-17/h6-7,12,18H,4-5,8-11,13-14H2,1-3H3,(H2,22,23,26). The van der Waals surface area contributed by atoms with E-state index in [0.717, 1.165) is 25.8 Å². The number of amides is 3. The summed E-state index contributed by atoms with van der Waals surface area (Å²) in [7, 11) is 0. The lowest BCUT2D eigenvalue weighted by molar-refractivity contribution is -0.129. The molecule has 1 aromatic rings. The minimum absolute atomic E-state index is 0.0597. The number of hydrogen-bond donors (Lipinski definition) is 2. The molecular formula is C21H31N3O2. The van der Waals surface area contributed by atoms with Crippen LogP contribution in [0.2, 0.25) is 0 Å². The lowest BCUT2D eigenvalue weighted by atomic mass is 9.64. The highest BCUT2D eigenvalue weighted by Gasteiger charge is 2.39. The molecule has 3 amide bonds. The van der Waals surface area contributed by atoms with Crippen LogP contribution >= 0.6 is 0 Å². The van der Waals surface area contributed by atoms with E-state index in [2.05, 4.69) is 42.7 Å². The number of hydrogen-bond acceptors (Lipinski definition) is 2. The zero-order chi connectivity index (χ0) is 18.7. The smallest absolute Gasteiger partial charge is 0.315 e. The first-order valence-corrected chi connectivity index (χ1v) is 9.83. The van der Waals surface area contributed by atoms with Crippen LogP contribution in [0.5, 0.6) is 0 Å². The largest absolute Gasteiger partial charge is 0.341 e. The Hall–Kier alpha value is -2.04. The highest BCUT2D eigenvalue weighted by atomic mass is 16.2. The third-order valence-electron chi connectivity index (χ3n) is 6.20. The van der Waals surface area contributed by atoms with Crippen LogP contribution in [0, 0.1) is 13.8 Å². The van der Waals surface area contributed by atoms with Gasteiger partial charge in [-0.05, 0) is 49.8 Å². The lowest BCUT2D eigenvalue weighted by Gasteiger charge is -2.43. The van der Waals surface area contributed by atoms with Crippen molar-refractivity contribution in [3.63, 3.8) is 0 Å². The average molecular weight is 357 g/mol. The van der Waals surface area contributed by atoms with Crippen LogP contribution in [0.4, 0.5) is 4.79 Å². The first kappa shape index (κ1) is 18.7. The van der Waals surface area contributed by atoms with Crippen molar-refractivity contribution in [1.29, 1.82) is 0 Å². The molecule has 0 radical (unpaired) electrons. The van der Waals surface area contributed by atoms with Crippen molar-refractivity contribution in [1.82, 2.24) is 15.5 Å². The molecule has 1 saturated carbocycles. The second-order valence-electron chi connectivity index (χ2n) is 7.94. The van der Waals surface area contributed by atoms with Gasteiger partial charge < -0.3 is 15.5 Å². The van der Waals surface area contributed by atoms with Crippen LogP contribution < -0.4 is 10.6 Å². The minimum Gasteiger partial charge on any atom is -0.341 e. The van der Waals surface area contributed by atoms with Gasteiger partial charge in [-0.1, -0.05) is 31.5 Å². The van der Waals surface area contributed by atoms with Gasteiger partial charge in [-0.3, -0.25) is 4.79 Å². The van der Waals surface area contributed by atoms with E-state index in [0.29, 0.717) is 19.5 Å². The van der Waals surface area contributed by atoms with Gasteiger partial charge in [0.25, 0.3) is 0 Å². The number of rotatable bonds is 5. The molecule has 2 fully saturated rings. The summed E-state index contributed by atoms with van der Waals surface area (Å²) in [5, 5.41) is 6.13. The van der Waals surface area contributed by atoms with E-state index in [9.17, 15) is 9.59 Å². The second-order valence-corrected chi connectivity index (χ2v) is 7.94. The first-order valence-electron chi connectivity index (χ1n) is 9.83. The molecule has 0 aromatic heterocycles. The van der Waals surface area contributed by atoms with Gasteiger partial charge in [0.05, 0.1) is 0 Å². The maximum atomic E-state index is 12.4. The summed E-state index contributed by atoms with van der Waals surface area (Å²) in [5.41, 5.74) is 4.04. The summed E-state index contributed by atoms with van der Waals surface area (Å²) in [6.07, 6.45) is 4.82. The van der Waals surface area contributed by atoms with E-state index >= 15 is 0 Å². The molecule has 3 rings (SSSR count). The third kappa shape index (κ3) is 3.87. The Balaban J connectivity index is 1.53. The molecule has 1 aliphatic heterocycles. The number of aryl methyl sites for hydroxylation is 2. The SMILES string of the molecule is CCC(=O)N1CCC(NC(=O)NCC2(c3ccc(C)c(C)c3)CCC2)C1. The molecule has 2 N–H and O–H groups in total. The summed E-state index contributed by atoms with van der Waals surface area (Å²) in [5.74, 6) is 0.165. The van der Waals surface area contributed by atoms with E-state index in [1.54, 1.807) is 0 Å². The maximum Gasteiger partial charge on any atom is 0.315 e. The summed E-state index contributed by atoms with van der Waals surface area (Å²) in [6, 6.07) is 6.62. The molecule has 1 heterocycles. The zero-order valence-corrected chi connectivity index (χ0v) is 16.2. The van der Waals surface area contributed by atoms with E-state index < -0.39 is 0 Å². The van der Waals surface area contributed by atoms with Gasteiger partial charge in [0.1, 0.15) is 0 Å². The van der Waals surface area contributed by atoms with Gasteiger partial charge in [0, 0.05) is 37.5 Å². The quantitative estimate of drug-likeness (QED) is 0.851. The van der Waals surface area contributed by atoms with Crippen molar-refractivity contribution >= 4 is 11.9 Å². The summed E-state index contributed by atoms with van der Waals surface area (Å²) in [4.78, 5) is 26.0. The fourth-order valence-corrected chi connectivity index (χ4v) is 4.06. The summed E-state index contributed by atoms with van der Waals surface area (Å²) in [6.45, 7) is 8.19. The normalized spacial score (nSPS) is 21.2. The van der Waals surface area contributed by atoms with Crippen molar-refractivity contribution in [2.45, 2.75) is 64.3 Å². The molecule has 0 spiro atoms. The molecule has 26 heavy (non-hydrogen) atoms. The fourth-order valence-electron chi connectivity index (χ4n) is 4.06. The second kappa shape index (κ2) is 7.68. The zero-order valence-electron chi connectivity index (χ0n) is 16.2. The van der Waals surface area contributed by atoms with Gasteiger partial charge >= 0.3 is 6.03 Å². The van der Waals surface area contributed by atoms with Crippen molar-refractivity contribution in [2.24, 2.45) is 0 Å². The molecule has 1 unspecified atom stereocenters. The Morgan fingerprint density at radius 2 is 2.00 bits per heavy atom. The first-order chi connectivity index (χ1) is 12.4. The molecule has 1 aromatic carbocycles. The number of likely N-dealkylation sites (tertiary alicyclic amines) is 1. The Bertz CT molecular complexity index is 682. The molecule has 142 valence electrons. The van der Waals surface area contributed by atoms with Crippen molar-refractivity contribution in [3.05, 3.63) is 34.9 Å². The van der Waals surface area contributed by atoms with Crippen LogP contribution in [0.1, 0.15) is 55.7 Å². The topological polar surface area (TPSA) is 61.4 Å². The summed E-state index contributed by atoms with van der Waals surface area (Å²) >= 11 is 0. The fraction of sp³-hybridized carbons (Fsp3) is 0.619. The Morgan fingerprint density at radius 3 is 2.62 bits per heavy atom. The van der Waals surface area contributed by atoms with E-state index in [1.807, 2.05) is 11.8 Å². The number of nitrogens with one attached hydrogen (secondary N) is 2. The average Bonchev–Trinajstić information content (AvgIpc) is 3.04. The maximum absolute atomic E-state index is 12.4. The van der Waals surface area contributed by atoms with E-state index in [-0.39, 0.29) is 23.4 Å². The Kier molecular flexibility index (Phi) is 5.54. The van der Waals surface area contributed by atoms with Crippen LogP contribution in [-0.4, -0.2) is 42.5 Å². The van der Waals surface area contributed by atoms with Gasteiger partial charge in [-0.15, -0.1) is 0 Å². The van der Waals surface area contributed by atoms with Crippen LogP contribution in [0.15, 0.2) is 18.2 Å². The van der Waals surface area contributed by atoms with Crippen LogP contribution in [0.3, 0.4) is 0 Å². The molecule has 1 aliphatic carbocycles. The Labute approximate surface area is 156 Å². The molecule has 0 bridgehead atoms. The number of carbonyl (C=O) groups is 2. The molecule has 5 heteroatoms. The highest BCUT2D eigenvalue weighted by Crippen LogP contribution is 2.43. The Morgan fingerprint density at radius 1 is 1.23 bits per heavy atom. The molecule has 1 atom stereocenters. The van der Waals surface area contributed by atoms with Crippen molar-refractivity contribution < 1.29 is 9.59 Å². The lowest BCUT2D eigenvalue weighted by Crippen LogP contribution is -2.50. The van der Waals surface area contributed by atoms with Gasteiger partial charge in [0.15, 0.2) is 0 Å². The van der Waals surface area contributed by atoms with Crippen molar-refractivity contribution in [3.8, 4) is 0 Å². The number of urea groups is 1. The van der Waals surface area contributed by atoms with E-state index in [4.69, 9.17) is 0 Å². The molecule has 1 saturated heterocycles. The third-order valence-corrected chi connectivity index (χ3v) is 6.20. The minimum atomic E-state index is -0.115. The highest BCUT2D eigenvalue weighted by molar-refractivity contribution is 5.77. The predicted molar refractivity (Wildman–Crippen MR) is 103 cm³/mol. The predicted octanol–water partition coefficient (Wildman–Crippen LogP) is 3.04. The van der Waals surface area contributed by atoms with Crippen LogP contribution in [0.25, 0.3) is 0 Å². The number of benzene rings is 1. The number of nitrogens with zero attached hydrogens (tertiary/aromatic N) is 1. The molecule has 5 nitrogen and oxygen atoms in total. The van der Waals surface area contributed by atoms with Gasteiger partial charge in [0.2, 0.25) is 5.91 Å².